The minimum absolute atomic E-state index is 0.0179. The van der Waals surface area contributed by atoms with Crippen LogP contribution in [0.1, 0.15) is 40.8 Å². The van der Waals surface area contributed by atoms with Crippen LogP contribution in [-0.2, 0) is 11.8 Å². The number of amides is 2. The van der Waals surface area contributed by atoms with E-state index in [1.54, 1.807) is 13.1 Å². The van der Waals surface area contributed by atoms with Crippen molar-refractivity contribution in [3.8, 4) is 0 Å². The number of piperidine rings is 1. The van der Waals surface area contributed by atoms with Gasteiger partial charge in [0.25, 0.3) is 5.91 Å². The Morgan fingerprint density at radius 2 is 2.14 bits per heavy atom. The second-order valence-corrected chi connectivity index (χ2v) is 7.30. The van der Waals surface area contributed by atoms with Crippen LogP contribution in [0.3, 0.4) is 0 Å². The number of rotatable bonds is 4. The van der Waals surface area contributed by atoms with Gasteiger partial charge in [-0.1, -0.05) is 12.1 Å². The number of aryl methyl sites for hydroxylation is 2. The van der Waals surface area contributed by atoms with Gasteiger partial charge in [0.2, 0.25) is 5.91 Å². The number of hydrogen-bond donors (Lipinski definition) is 2. The highest BCUT2D eigenvalue weighted by Crippen LogP contribution is 2.26. The van der Waals surface area contributed by atoms with E-state index < -0.39 is 0 Å². The van der Waals surface area contributed by atoms with E-state index in [0.29, 0.717) is 18.8 Å². The van der Waals surface area contributed by atoms with Crippen LogP contribution in [0.15, 0.2) is 30.3 Å². The Bertz CT molecular complexity index is 988. The molecule has 3 heterocycles. The summed E-state index contributed by atoms with van der Waals surface area (Å²) in [5.41, 5.74) is 3.17. The van der Waals surface area contributed by atoms with Crippen molar-refractivity contribution in [1.29, 1.82) is 0 Å². The van der Waals surface area contributed by atoms with Crippen LogP contribution >= 0.6 is 0 Å². The highest BCUT2D eigenvalue weighted by atomic mass is 16.2. The molecular formula is C20H24N6O2. The molecule has 0 bridgehead atoms. The second kappa shape index (κ2) is 7.46. The standard InChI is InChI=1S/C20H24N6O2/c1-13-10-17(25(2)24-13)20(28)21-11-18(27)26-9-5-6-14(12-26)19-22-15-7-3-4-8-16(15)23-19/h3-4,7-8,10,14H,5-6,9,11-12H2,1-2H3,(H,21,28)(H,22,23). The molecule has 2 N–H and O–H groups in total. The topological polar surface area (TPSA) is 95.9 Å². The lowest BCUT2D eigenvalue weighted by Crippen LogP contribution is -2.44. The molecule has 1 fully saturated rings. The molecule has 1 aromatic carbocycles. The van der Waals surface area contributed by atoms with E-state index in [2.05, 4.69) is 20.4 Å². The molecule has 3 aromatic rings. The van der Waals surface area contributed by atoms with Crippen molar-refractivity contribution < 1.29 is 9.59 Å². The molecule has 0 radical (unpaired) electrons. The van der Waals surface area contributed by atoms with Crippen LogP contribution < -0.4 is 5.32 Å². The zero-order chi connectivity index (χ0) is 19.7. The SMILES string of the molecule is Cc1cc(C(=O)NCC(=O)N2CCCC(c3nc4ccccc4[nH]3)C2)n(C)n1. The normalized spacial score (nSPS) is 17.1. The number of aromatic nitrogens is 4. The Labute approximate surface area is 162 Å². The predicted molar refractivity (Wildman–Crippen MR) is 105 cm³/mol. The first kappa shape index (κ1) is 18.2. The number of fused-ring (bicyclic) bond motifs is 1. The number of benzene rings is 1. The van der Waals surface area contributed by atoms with Crippen molar-refractivity contribution in [2.24, 2.45) is 7.05 Å². The Kier molecular flexibility index (Phi) is 4.85. The quantitative estimate of drug-likeness (QED) is 0.721. The van der Waals surface area contributed by atoms with Crippen molar-refractivity contribution in [3.63, 3.8) is 0 Å². The first-order valence-electron chi connectivity index (χ1n) is 9.52. The first-order valence-corrected chi connectivity index (χ1v) is 9.52. The Hall–Kier alpha value is -3.16. The van der Waals surface area contributed by atoms with Crippen LogP contribution in [0.4, 0.5) is 0 Å². The van der Waals surface area contributed by atoms with Gasteiger partial charge >= 0.3 is 0 Å². The third-order valence-electron chi connectivity index (χ3n) is 5.20. The number of hydrogen-bond acceptors (Lipinski definition) is 4. The zero-order valence-electron chi connectivity index (χ0n) is 16.1. The third-order valence-corrected chi connectivity index (χ3v) is 5.20. The van der Waals surface area contributed by atoms with Gasteiger partial charge in [-0.05, 0) is 38.0 Å². The third kappa shape index (κ3) is 3.62. The van der Waals surface area contributed by atoms with Crippen LogP contribution in [0.2, 0.25) is 0 Å². The minimum Gasteiger partial charge on any atom is -0.342 e. The van der Waals surface area contributed by atoms with Crippen LogP contribution in [0.5, 0.6) is 0 Å². The van der Waals surface area contributed by atoms with Gasteiger partial charge in [0.1, 0.15) is 11.5 Å². The van der Waals surface area contributed by atoms with Gasteiger partial charge in [0, 0.05) is 26.1 Å². The number of likely N-dealkylation sites (tertiary alicyclic amines) is 1. The van der Waals surface area contributed by atoms with Gasteiger partial charge < -0.3 is 15.2 Å². The van der Waals surface area contributed by atoms with E-state index >= 15 is 0 Å². The fraction of sp³-hybridized carbons (Fsp3) is 0.400. The van der Waals surface area contributed by atoms with Crippen molar-refractivity contribution in [2.75, 3.05) is 19.6 Å². The number of aromatic amines is 1. The van der Waals surface area contributed by atoms with Crippen molar-refractivity contribution in [3.05, 3.63) is 47.5 Å². The molecule has 8 nitrogen and oxygen atoms in total. The summed E-state index contributed by atoms with van der Waals surface area (Å²) in [4.78, 5) is 34.8. The number of carbonyl (C=O) groups is 2. The van der Waals surface area contributed by atoms with Gasteiger partial charge in [-0.15, -0.1) is 0 Å². The average Bonchev–Trinajstić information content (AvgIpc) is 3.28. The lowest BCUT2D eigenvalue weighted by atomic mass is 9.97. The molecule has 0 aliphatic carbocycles. The van der Waals surface area contributed by atoms with E-state index in [1.165, 1.54) is 4.68 Å². The van der Waals surface area contributed by atoms with E-state index in [4.69, 9.17) is 0 Å². The van der Waals surface area contributed by atoms with Crippen molar-refractivity contribution >= 4 is 22.8 Å². The van der Waals surface area contributed by atoms with Crippen LogP contribution in [0, 0.1) is 6.92 Å². The first-order chi connectivity index (χ1) is 13.5. The monoisotopic (exact) mass is 380 g/mol. The lowest BCUT2D eigenvalue weighted by Gasteiger charge is -2.32. The predicted octanol–water partition coefficient (Wildman–Crippen LogP) is 1.74. The van der Waals surface area contributed by atoms with E-state index in [-0.39, 0.29) is 24.3 Å². The summed E-state index contributed by atoms with van der Waals surface area (Å²) in [5, 5.41) is 6.87. The van der Waals surface area contributed by atoms with Crippen molar-refractivity contribution in [1.82, 2.24) is 30.0 Å². The molecule has 146 valence electrons. The smallest absolute Gasteiger partial charge is 0.269 e. The molecule has 1 saturated heterocycles. The number of para-hydroxylation sites is 2. The molecule has 1 aliphatic rings. The van der Waals surface area contributed by atoms with E-state index in [0.717, 1.165) is 35.4 Å². The summed E-state index contributed by atoms with van der Waals surface area (Å²) < 4.78 is 1.52. The van der Waals surface area contributed by atoms with Crippen LogP contribution in [-0.4, -0.2) is 56.1 Å². The van der Waals surface area contributed by atoms with Gasteiger partial charge in [0.05, 0.1) is 23.3 Å². The molecule has 2 aromatic heterocycles. The summed E-state index contributed by atoms with van der Waals surface area (Å²) in [6, 6.07) is 9.64. The fourth-order valence-corrected chi connectivity index (χ4v) is 3.77. The Morgan fingerprint density at radius 1 is 1.32 bits per heavy atom. The summed E-state index contributed by atoms with van der Waals surface area (Å²) in [7, 11) is 1.71. The molecule has 0 spiro atoms. The summed E-state index contributed by atoms with van der Waals surface area (Å²) >= 11 is 0. The molecule has 2 amide bonds. The molecule has 1 unspecified atom stereocenters. The number of nitrogens with one attached hydrogen (secondary N) is 2. The van der Waals surface area contributed by atoms with Gasteiger partial charge in [-0.2, -0.15) is 5.10 Å². The van der Waals surface area contributed by atoms with Crippen LogP contribution in [0.25, 0.3) is 11.0 Å². The summed E-state index contributed by atoms with van der Waals surface area (Å²) in [6.07, 6.45) is 1.91. The Balaban J connectivity index is 1.38. The molecular weight excluding hydrogens is 356 g/mol. The maximum atomic E-state index is 12.6. The molecule has 1 aliphatic heterocycles. The number of nitrogens with zero attached hydrogens (tertiary/aromatic N) is 4. The molecule has 0 saturated carbocycles. The highest BCUT2D eigenvalue weighted by molar-refractivity contribution is 5.95. The van der Waals surface area contributed by atoms with Gasteiger partial charge in [-0.3, -0.25) is 14.3 Å². The van der Waals surface area contributed by atoms with Gasteiger partial charge in [-0.25, -0.2) is 4.98 Å². The maximum Gasteiger partial charge on any atom is 0.269 e. The summed E-state index contributed by atoms with van der Waals surface area (Å²) in [6.45, 7) is 3.12. The summed E-state index contributed by atoms with van der Waals surface area (Å²) in [5.74, 6) is 0.740. The Morgan fingerprint density at radius 3 is 2.89 bits per heavy atom. The minimum atomic E-state index is -0.290. The number of H-pyrrole nitrogens is 1. The molecule has 1 atom stereocenters. The zero-order valence-corrected chi connectivity index (χ0v) is 16.1. The number of imidazole rings is 1. The lowest BCUT2D eigenvalue weighted by molar-refractivity contribution is -0.131. The largest absolute Gasteiger partial charge is 0.342 e. The molecule has 8 heteroatoms. The second-order valence-electron chi connectivity index (χ2n) is 7.30. The highest BCUT2D eigenvalue weighted by Gasteiger charge is 2.27. The maximum absolute atomic E-state index is 12.6. The number of carbonyl (C=O) groups excluding carboxylic acids is 2. The van der Waals surface area contributed by atoms with Gasteiger partial charge in [0.15, 0.2) is 0 Å². The molecule has 4 rings (SSSR count). The van der Waals surface area contributed by atoms with E-state index in [1.807, 2.05) is 36.1 Å². The average molecular weight is 380 g/mol. The molecule has 28 heavy (non-hydrogen) atoms. The fourth-order valence-electron chi connectivity index (χ4n) is 3.77. The van der Waals surface area contributed by atoms with Crippen molar-refractivity contribution in [2.45, 2.75) is 25.7 Å². The van der Waals surface area contributed by atoms with E-state index in [9.17, 15) is 9.59 Å².